The molecule has 0 aliphatic heterocycles. The lowest BCUT2D eigenvalue weighted by atomic mass is 10.1. The topological polar surface area (TPSA) is 62.6 Å². The van der Waals surface area contributed by atoms with Crippen LogP contribution in [0.5, 0.6) is 17.2 Å². The summed E-state index contributed by atoms with van der Waals surface area (Å²) in [5.74, 6) is 0.689. The van der Waals surface area contributed by atoms with E-state index in [0.29, 0.717) is 11.3 Å². The second-order valence-electron chi connectivity index (χ2n) is 4.85. The minimum atomic E-state index is 0.0914. The van der Waals surface area contributed by atoms with Gasteiger partial charge in [0.1, 0.15) is 11.3 Å². The van der Waals surface area contributed by atoms with E-state index in [1.54, 1.807) is 24.3 Å². The average molecular weight is 293 g/mol. The van der Waals surface area contributed by atoms with Crippen LogP contribution >= 0.6 is 0 Å². The fraction of sp³-hybridized carbons (Fsp3) is 0.0556. The van der Waals surface area contributed by atoms with Gasteiger partial charge in [0.2, 0.25) is 0 Å². The van der Waals surface area contributed by atoms with Gasteiger partial charge in [0, 0.05) is 5.39 Å². The highest BCUT2D eigenvalue weighted by Gasteiger charge is 2.02. The van der Waals surface area contributed by atoms with Crippen molar-refractivity contribution in [1.82, 2.24) is 4.98 Å². The Bertz CT molecular complexity index is 856. The number of rotatable bonds is 3. The molecule has 1 heterocycles. The maximum atomic E-state index is 9.84. The number of fused-ring (bicyclic) bond motifs is 1. The van der Waals surface area contributed by atoms with E-state index in [2.05, 4.69) is 4.98 Å². The van der Waals surface area contributed by atoms with Crippen LogP contribution in [0.15, 0.2) is 48.5 Å². The van der Waals surface area contributed by atoms with Gasteiger partial charge in [-0.1, -0.05) is 30.3 Å². The second-order valence-corrected chi connectivity index (χ2v) is 4.85. The molecule has 0 atom stereocenters. The molecular weight excluding hydrogens is 278 g/mol. The fourth-order valence-corrected chi connectivity index (χ4v) is 2.23. The molecule has 2 aromatic carbocycles. The van der Waals surface area contributed by atoms with Crippen molar-refractivity contribution < 1.29 is 14.9 Å². The van der Waals surface area contributed by atoms with Crippen molar-refractivity contribution >= 4 is 23.1 Å². The van der Waals surface area contributed by atoms with Crippen molar-refractivity contribution in [3.05, 3.63) is 59.8 Å². The van der Waals surface area contributed by atoms with E-state index >= 15 is 0 Å². The Labute approximate surface area is 127 Å². The zero-order chi connectivity index (χ0) is 15.5. The highest BCUT2D eigenvalue weighted by Crippen LogP contribution is 2.27. The summed E-state index contributed by atoms with van der Waals surface area (Å²) in [6.07, 6.45) is 3.67. The number of phenols is 2. The first-order valence-corrected chi connectivity index (χ1v) is 6.81. The van der Waals surface area contributed by atoms with Gasteiger partial charge in [-0.2, -0.15) is 0 Å². The highest BCUT2D eigenvalue weighted by atomic mass is 16.5. The van der Waals surface area contributed by atoms with Gasteiger partial charge >= 0.3 is 0 Å². The van der Waals surface area contributed by atoms with Crippen molar-refractivity contribution in [2.75, 3.05) is 7.11 Å². The molecule has 3 rings (SSSR count). The Balaban J connectivity index is 1.92. The number of pyridine rings is 1. The molecule has 4 nitrogen and oxygen atoms in total. The number of phenolic OH excluding ortho intramolecular Hbond substituents is 2. The van der Waals surface area contributed by atoms with Crippen LogP contribution in [0.25, 0.3) is 23.1 Å². The van der Waals surface area contributed by atoms with Crippen LogP contribution in [0, 0.1) is 0 Å². The summed E-state index contributed by atoms with van der Waals surface area (Å²) in [5, 5.41) is 20.5. The zero-order valence-corrected chi connectivity index (χ0v) is 12.0. The van der Waals surface area contributed by atoms with Crippen LogP contribution in [-0.2, 0) is 0 Å². The van der Waals surface area contributed by atoms with Gasteiger partial charge in [-0.05, 0) is 35.9 Å². The summed E-state index contributed by atoms with van der Waals surface area (Å²) in [6.45, 7) is 0. The van der Waals surface area contributed by atoms with Crippen LogP contribution in [0.2, 0.25) is 0 Å². The number of aromatic nitrogens is 1. The summed E-state index contributed by atoms with van der Waals surface area (Å²) in [7, 11) is 1.51. The van der Waals surface area contributed by atoms with E-state index in [0.717, 1.165) is 16.6 Å². The first-order valence-electron chi connectivity index (χ1n) is 6.81. The van der Waals surface area contributed by atoms with E-state index in [9.17, 15) is 10.2 Å². The van der Waals surface area contributed by atoms with Gasteiger partial charge in [0.25, 0.3) is 0 Å². The van der Waals surface area contributed by atoms with Crippen LogP contribution in [-0.4, -0.2) is 22.3 Å². The molecule has 0 amide bonds. The number of para-hydroxylation sites is 1. The largest absolute Gasteiger partial charge is 0.506 e. The molecule has 0 aliphatic carbocycles. The Kier molecular flexibility index (Phi) is 3.66. The van der Waals surface area contributed by atoms with Gasteiger partial charge in [-0.25, -0.2) is 4.98 Å². The van der Waals surface area contributed by atoms with Gasteiger partial charge in [0.05, 0.1) is 12.8 Å². The average Bonchev–Trinajstić information content (AvgIpc) is 2.53. The number of ether oxygens (including phenoxy) is 1. The number of aromatic hydroxyl groups is 2. The van der Waals surface area contributed by atoms with Gasteiger partial charge < -0.3 is 14.9 Å². The van der Waals surface area contributed by atoms with Crippen molar-refractivity contribution in [2.24, 2.45) is 0 Å². The third-order valence-electron chi connectivity index (χ3n) is 3.37. The summed E-state index contributed by atoms with van der Waals surface area (Å²) in [4.78, 5) is 4.42. The molecule has 0 spiro atoms. The first kappa shape index (κ1) is 13.9. The number of benzene rings is 2. The minimum absolute atomic E-state index is 0.0914. The number of methoxy groups -OCH3 is 1. The molecule has 0 bridgehead atoms. The van der Waals surface area contributed by atoms with Gasteiger partial charge in [-0.15, -0.1) is 0 Å². The molecule has 0 aliphatic rings. The summed E-state index contributed by atoms with van der Waals surface area (Å²) < 4.78 is 5.01. The maximum absolute atomic E-state index is 9.84. The summed E-state index contributed by atoms with van der Waals surface area (Å²) in [5.41, 5.74) is 2.13. The first-order chi connectivity index (χ1) is 10.7. The van der Waals surface area contributed by atoms with Crippen LogP contribution < -0.4 is 4.74 Å². The maximum Gasteiger partial charge on any atom is 0.160 e. The third kappa shape index (κ3) is 2.72. The van der Waals surface area contributed by atoms with Crippen molar-refractivity contribution in [3.63, 3.8) is 0 Å². The van der Waals surface area contributed by atoms with Crippen LogP contribution in [0.1, 0.15) is 11.3 Å². The van der Waals surface area contributed by atoms with E-state index in [1.807, 2.05) is 36.4 Å². The number of hydrogen-bond donors (Lipinski definition) is 2. The zero-order valence-electron chi connectivity index (χ0n) is 12.0. The van der Waals surface area contributed by atoms with E-state index in [-0.39, 0.29) is 11.5 Å². The molecule has 4 heteroatoms. The number of nitrogens with zero attached hydrogens (tertiary/aromatic N) is 1. The highest BCUT2D eigenvalue weighted by molar-refractivity contribution is 5.85. The monoisotopic (exact) mass is 293 g/mol. The van der Waals surface area contributed by atoms with Crippen molar-refractivity contribution in [2.45, 2.75) is 0 Å². The lowest BCUT2D eigenvalue weighted by Gasteiger charge is -2.03. The Hall–Kier alpha value is -3.01. The van der Waals surface area contributed by atoms with E-state index in [4.69, 9.17) is 4.74 Å². The fourth-order valence-electron chi connectivity index (χ4n) is 2.23. The van der Waals surface area contributed by atoms with Gasteiger partial charge in [0.15, 0.2) is 11.5 Å². The van der Waals surface area contributed by atoms with E-state index in [1.165, 1.54) is 7.11 Å². The summed E-state index contributed by atoms with van der Waals surface area (Å²) >= 11 is 0. The minimum Gasteiger partial charge on any atom is -0.506 e. The SMILES string of the molecule is COc1ccc(C=Cc2ccc3cccc(O)c3n2)cc1O. The van der Waals surface area contributed by atoms with Gasteiger partial charge in [-0.3, -0.25) is 0 Å². The van der Waals surface area contributed by atoms with Crippen LogP contribution in [0.3, 0.4) is 0 Å². The molecule has 22 heavy (non-hydrogen) atoms. The molecule has 0 unspecified atom stereocenters. The second kappa shape index (κ2) is 5.77. The normalized spacial score (nSPS) is 11.1. The standard InChI is InChI=1S/C18H15NO3/c1-22-17-10-6-12(11-16(17)21)5-8-14-9-7-13-3-2-4-15(20)18(13)19-14/h2-11,20-21H,1H3. The molecule has 0 fully saturated rings. The smallest absolute Gasteiger partial charge is 0.160 e. The lowest BCUT2D eigenvalue weighted by Crippen LogP contribution is -1.85. The summed E-state index contributed by atoms with van der Waals surface area (Å²) in [6, 6.07) is 14.3. The molecule has 1 aromatic heterocycles. The molecule has 0 saturated heterocycles. The predicted octanol–water partition coefficient (Wildman–Crippen LogP) is 3.83. The molecule has 110 valence electrons. The molecule has 0 radical (unpaired) electrons. The molecule has 3 aromatic rings. The van der Waals surface area contributed by atoms with Crippen molar-refractivity contribution in [3.8, 4) is 17.2 Å². The quantitative estimate of drug-likeness (QED) is 0.770. The lowest BCUT2D eigenvalue weighted by molar-refractivity contribution is 0.373. The number of hydrogen-bond acceptors (Lipinski definition) is 4. The Morgan fingerprint density at radius 2 is 1.82 bits per heavy atom. The Morgan fingerprint density at radius 1 is 0.955 bits per heavy atom. The molecule has 0 saturated carbocycles. The molecule has 2 N–H and O–H groups in total. The van der Waals surface area contributed by atoms with Crippen LogP contribution in [0.4, 0.5) is 0 Å². The van der Waals surface area contributed by atoms with Crippen molar-refractivity contribution in [1.29, 1.82) is 0 Å². The third-order valence-corrected chi connectivity index (χ3v) is 3.37. The Morgan fingerprint density at radius 3 is 2.59 bits per heavy atom. The van der Waals surface area contributed by atoms with E-state index < -0.39 is 0 Å². The molecular formula is C18H15NO3. The predicted molar refractivity (Wildman–Crippen MR) is 87.0 cm³/mol.